The van der Waals surface area contributed by atoms with Crippen LogP contribution < -0.4 is 5.32 Å². The molecule has 2 amide bonds. The first-order chi connectivity index (χ1) is 7.93. The van der Waals surface area contributed by atoms with Crippen molar-refractivity contribution in [2.45, 2.75) is 18.8 Å². The fourth-order valence-electron chi connectivity index (χ4n) is 1.92. The van der Waals surface area contributed by atoms with Crippen LogP contribution in [-0.2, 0) is 15.0 Å². The lowest BCUT2D eigenvalue weighted by Gasteiger charge is -2.19. The van der Waals surface area contributed by atoms with Crippen molar-refractivity contribution in [3.8, 4) is 0 Å². The Morgan fingerprint density at radius 2 is 1.88 bits per heavy atom. The molecule has 0 saturated carbocycles. The number of hydrogen-bond donors (Lipinski definition) is 2. The van der Waals surface area contributed by atoms with E-state index >= 15 is 0 Å². The molecular formula is C12H11NO4. The molecule has 0 bridgehead atoms. The summed E-state index contributed by atoms with van der Waals surface area (Å²) >= 11 is 0. The van der Waals surface area contributed by atoms with Crippen LogP contribution in [0.2, 0.25) is 0 Å². The first-order valence-electron chi connectivity index (χ1n) is 5.11. The zero-order valence-corrected chi connectivity index (χ0v) is 9.19. The third-order valence-electron chi connectivity index (χ3n) is 3.04. The maximum absolute atomic E-state index is 11.7. The molecule has 88 valence electrons. The topological polar surface area (TPSA) is 83.5 Å². The Morgan fingerprint density at radius 3 is 2.29 bits per heavy atom. The largest absolute Gasteiger partial charge is 0.478 e. The van der Waals surface area contributed by atoms with Gasteiger partial charge in [0, 0.05) is 6.42 Å². The molecule has 0 radical (unpaired) electrons. The van der Waals surface area contributed by atoms with Crippen molar-refractivity contribution in [3.05, 3.63) is 35.4 Å². The van der Waals surface area contributed by atoms with Crippen molar-refractivity contribution in [1.82, 2.24) is 5.32 Å². The summed E-state index contributed by atoms with van der Waals surface area (Å²) < 4.78 is 0. The lowest BCUT2D eigenvalue weighted by molar-refractivity contribution is -0.126. The van der Waals surface area contributed by atoms with Crippen molar-refractivity contribution in [2.24, 2.45) is 0 Å². The van der Waals surface area contributed by atoms with Gasteiger partial charge in [0.1, 0.15) is 0 Å². The Bertz CT molecular complexity index is 506. The molecule has 1 atom stereocenters. The number of amides is 2. The maximum atomic E-state index is 11.7. The third kappa shape index (κ3) is 1.80. The summed E-state index contributed by atoms with van der Waals surface area (Å²) in [6.45, 7) is 1.67. The molecule has 1 heterocycles. The fourth-order valence-corrected chi connectivity index (χ4v) is 1.92. The van der Waals surface area contributed by atoms with Gasteiger partial charge in [0.15, 0.2) is 0 Å². The molecule has 1 aliphatic rings. The highest BCUT2D eigenvalue weighted by atomic mass is 16.4. The number of carboxylic acids is 1. The van der Waals surface area contributed by atoms with E-state index in [-0.39, 0.29) is 23.8 Å². The lowest BCUT2D eigenvalue weighted by Crippen LogP contribution is -2.32. The van der Waals surface area contributed by atoms with Crippen LogP contribution in [-0.4, -0.2) is 22.9 Å². The van der Waals surface area contributed by atoms with Crippen molar-refractivity contribution in [3.63, 3.8) is 0 Å². The monoisotopic (exact) mass is 233 g/mol. The van der Waals surface area contributed by atoms with Gasteiger partial charge in [0.05, 0.1) is 11.0 Å². The Morgan fingerprint density at radius 1 is 1.29 bits per heavy atom. The molecule has 5 nitrogen and oxygen atoms in total. The van der Waals surface area contributed by atoms with Gasteiger partial charge >= 0.3 is 5.97 Å². The van der Waals surface area contributed by atoms with Gasteiger partial charge in [0.25, 0.3) is 0 Å². The quantitative estimate of drug-likeness (QED) is 0.736. The molecule has 1 aromatic rings. The summed E-state index contributed by atoms with van der Waals surface area (Å²) in [7, 11) is 0. The van der Waals surface area contributed by atoms with Crippen molar-refractivity contribution >= 4 is 17.8 Å². The van der Waals surface area contributed by atoms with Gasteiger partial charge in [-0.15, -0.1) is 0 Å². The van der Waals surface area contributed by atoms with Crippen molar-refractivity contribution in [2.75, 3.05) is 0 Å². The summed E-state index contributed by atoms with van der Waals surface area (Å²) in [4.78, 5) is 33.6. The summed E-state index contributed by atoms with van der Waals surface area (Å²) in [5, 5.41) is 11.0. The van der Waals surface area contributed by atoms with E-state index in [4.69, 9.17) is 5.11 Å². The van der Waals surface area contributed by atoms with Crippen LogP contribution in [0.5, 0.6) is 0 Å². The van der Waals surface area contributed by atoms with Gasteiger partial charge in [-0.05, 0) is 24.6 Å². The number of imide groups is 1. The van der Waals surface area contributed by atoms with E-state index in [0.717, 1.165) is 0 Å². The molecule has 17 heavy (non-hydrogen) atoms. The van der Waals surface area contributed by atoms with Gasteiger partial charge < -0.3 is 5.11 Å². The van der Waals surface area contributed by atoms with Crippen LogP contribution in [0.15, 0.2) is 24.3 Å². The summed E-state index contributed by atoms with van der Waals surface area (Å²) in [6.07, 6.45) is 0.0955. The minimum absolute atomic E-state index is 0.0955. The molecule has 0 aromatic heterocycles. The molecule has 1 saturated heterocycles. The van der Waals surface area contributed by atoms with E-state index < -0.39 is 11.4 Å². The van der Waals surface area contributed by atoms with Crippen LogP contribution in [0.25, 0.3) is 0 Å². The zero-order valence-electron chi connectivity index (χ0n) is 9.19. The maximum Gasteiger partial charge on any atom is 0.335 e. The Balaban J connectivity index is 2.37. The first kappa shape index (κ1) is 11.3. The predicted octanol–water partition coefficient (Wildman–Crippen LogP) is 0.689. The normalized spacial score (nSPS) is 23.6. The van der Waals surface area contributed by atoms with E-state index in [1.807, 2.05) is 0 Å². The Hall–Kier alpha value is -2.17. The lowest BCUT2D eigenvalue weighted by atomic mass is 9.81. The minimum Gasteiger partial charge on any atom is -0.478 e. The number of carbonyl (C=O) groups excluding carboxylic acids is 2. The smallest absolute Gasteiger partial charge is 0.335 e. The summed E-state index contributed by atoms with van der Waals surface area (Å²) in [5.41, 5.74) is -0.0957. The predicted molar refractivity (Wildman–Crippen MR) is 58.5 cm³/mol. The molecule has 1 unspecified atom stereocenters. The SMILES string of the molecule is CC1(c2ccc(C(=O)O)cc2)CC(=O)NC1=O. The van der Waals surface area contributed by atoms with Crippen LogP contribution >= 0.6 is 0 Å². The van der Waals surface area contributed by atoms with Crippen LogP contribution in [0.4, 0.5) is 0 Å². The van der Waals surface area contributed by atoms with Gasteiger partial charge in [-0.1, -0.05) is 12.1 Å². The number of hydrogen-bond acceptors (Lipinski definition) is 3. The van der Waals surface area contributed by atoms with Gasteiger partial charge in [0.2, 0.25) is 11.8 Å². The fraction of sp³-hybridized carbons (Fsp3) is 0.250. The van der Waals surface area contributed by atoms with E-state index in [1.165, 1.54) is 12.1 Å². The van der Waals surface area contributed by atoms with Gasteiger partial charge in [-0.25, -0.2) is 4.79 Å². The highest BCUT2D eigenvalue weighted by Gasteiger charge is 2.43. The van der Waals surface area contributed by atoms with E-state index in [2.05, 4.69) is 5.32 Å². The van der Waals surface area contributed by atoms with Crippen molar-refractivity contribution in [1.29, 1.82) is 0 Å². The standard InChI is InChI=1S/C12H11NO4/c1-12(6-9(14)13-11(12)17)8-4-2-7(3-5-8)10(15)16/h2-5H,6H2,1H3,(H,15,16)(H,13,14,17). The third-order valence-corrected chi connectivity index (χ3v) is 3.04. The highest BCUT2D eigenvalue weighted by Crippen LogP contribution is 2.31. The second-order valence-electron chi connectivity index (χ2n) is 4.27. The molecule has 5 heteroatoms. The number of nitrogens with one attached hydrogen (secondary N) is 1. The van der Waals surface area contributed by atoms with E-state index in [9.17, 15) is 14.4 Å². The average Bonchev–Trinajstić information content (AvgIpc) is 2.54. The summed E-state index contributed by atoms with van der Waals surface area (Å²) in [5.74, 6) is -1.67. The molecule has 0 spiro atoms. The van der Waals surface area contributed by atoms with Crippen LogP contribution in [0.3, 0.4) is 0 Å². The number of carbonyl (C=O) groups is 3. The molecule has 1 fully saturated rings. The second-order valence-corrected chi connectivity index (χ2v) is 4.27. The molecular weight excluding hydrogens is 222 g/mol. The highest BCUT2D eigenvalue weighted by molar-refractivity contribution is 6.08. The van der Waals surface area contributed by atoms with Gasteiger partial charge in [-0.3, -0.25) is 14.9 Å². The number of rotatable bonds is 2. The number of aromatic carboxylic acids is 1. The van der Waals surface area contributed by atoms with E-state index in [1.54, 1.807) is 19.1 Å². The molecule has 1 aromatic carbocycles. The van der Waals surface area contributed by atoms with E-state index in [0.29, 0.717) is 5.56 Å². The molecule has 2 rings (SSSR count). The zero-order chi connectivity index (χ0) is 12.6. The average molecular weight is 233 g/mol. The molecule has 2 N–H and O–H groups in total. The summed E-state index contributed by atoms with van der Waals surface area (Å²) in [6, 6.07) is 6.00. The first-order valence-corrected chi connectivity index (χ1v) is 5.11. The van der Waals surface area contributed by atoms with Crippen LogP contribution in [0, 0.1) is 0 Å². The van der Waals surface area contributed by atoms with Gasteiger partial charge in [-0.2, -0.15) is 0 Å². The Kier molecular flexibility index (Phi) is 2.46. The van der Waals surface area contributed by atoms with Crippen LogP contribution in [0.1, 0.15) is 29.3 Å². The Labute approximate surface area is 97.4 Å². The molecule has 1 aliphatic heterocycles. The number of carboxylic acid groups (broad SMARTS) is 1. The minimum atomic E-state index is -1.02. The van der Waals surface area contributed by atoms with Crippen molar-refractivity contribution < 1.29 is 19.5 Å². The number of benzene rings is 1. The molecule has 0 aliphatic carbocycles. The second kappa shape index (κ2) is 3.69.